The normalized spacial score (nSPS) is 16.1. The van der Waals surface area contributed by atoms with Crippen molar-refractivity contribution in [1.82, 2.24) is 4.90 Å². The van der Waals surface area contributed by atoms with Crippen LogP contribution in [0.2, 0.25) is 0 Å². The monoisotopic (exact) mass is 201 g/mol. The average molecular weight is 201 g/mol. The minimum Gasteiger partial charge on any atom is -0.391 e. The second kappa shape index (κ2) is 4.63. The molecular formula is C12H27NO. The predicted octanol–water partition coefficient (Wildman–Crippen LogP) is 2.51. The van der Waals surface area contributed by atoms with Gasteiger partial charge in [0.15, 0.2) is 0 Å². The molecule has 0 rings (SSSR count). The summed E-state index contributed by atoms with van der Waals surface area (Å²) in [5, 5.41) is 10.3. The number of nitrogens with zero attached hydrogens (tertiary/aromatic N) is 1. The van der Waals surface area contributed by atoms with Gasteiger partial charge in [-0.1, -0.05) is 34.6 Å². The molecule has 1 unspecified atom stereocenters. The van der Waals surface area contributed by atoms with E-state index in [9.17, 15) is 5.11 Å². The maximum atomic E-state index is 10.3. The molecule has 0 aromatic rings. The molecule has 0 saturated carbocycles. The molecule has 0 radical (unpaired) electrons. The molecule has 86 valence electrons. The summed E-state index contributed by atoms with van der Waals surface area (Å²) in [5.41, 5.74) is -0.214. The Morgan fingerprint density at radius 3 is 1.57 bits per heavy atom. The largest absolute Gasteiger partial charge is 0.391 e. The molecule has 0 aliphatic heterocycles. The highest BCUT2D eigenvalue weighted by atomic mass is 16.3. The van der Waals surface area contributed by atoms with Gasteiger partial charge >= 0.3 is 0 Å². The van der Waals surface area contributed by atoms with Gasteiger partial charge < -0.3 is 5.11 Å². The van der Waals surface area contributed by atoms with Crippen molar-refractivity contribution in [3.05, 3.63) is 0 Å². The van der Waals surface area contributed by atoms with E-state index in [1.165, 1.54) is 0 Å². The minimum atomic E-state index is -0.310. The summed E-state index contributed by atoms with van der Waals surface area (Å²) in [7, 11) is 0. The number of hydrogen-bond donors (Lipinski definition) is 1. The first-order valence-corrected chi connectivity index (χ1v) is 5.61. The Morgan fingerprint density at radius 1 is 1.00 bits per heavy atom. The zero-order chi connectivity index (χ0) is 11.6. The van der Waals surface area contributed by atoms with Crippen molar-refractivity contribution in [2.75, 3.05) is 13.1 Å². The SMILES string of the molecule is CCN(CC)C(C)(C)C(O)C(C)(C)C. The van der Waals surface area contributed by atoms with Crippen LogP contribution in [-0.4, -0.2) is 34.7 Å². The van der Waals surface area contributed by atoms with E-state index in [-0.39, 0.29) is 17.1 Å². The van der Waals surface area contributed by atoms with Crippen LogP contribution in [0, 0.1) is 5.41 Å². The molecule has 0 amide bonds. The van der Waals surface area contributed by atoms with E-state index < -0.39 is 0 Å². The molecule has 2 heteroatoms. The highest BCUT2D eigenvalue weighted by Crippen LogP contribution is 2.31. The van der Waals surface area contributed by atoms with E-state index in [1.807, 2.05) is 0 Å². The third-order valence-electron chi connectivity index (χ3n) is 3.07. The van der Waals surface area contributed by atoms with Crippen LogP contribution in [0.25, 0.3) is 0 Å². The molecule has 0 spiro atoms. The maximum absolute atomic E-state index is 10.3. The molecular weight excluding hydrogens is 174 g/mol. The summed E-state index contributed by atoms with van der Waals surface area (Å²) in [6.45, 7) is 16.7. The van der Waals surface area contributed by atoms with Gasteiger partial charge in [0.1, 0.15) is 0 Å². The van der Waals surface area contributed by atoms with Crippen molar-refractivity contribution in [3.8, 4) is 0 Å². The van der Waals surface area contributed by atoms with Gasteiger partial charge in [-0.25, -0.2) is 0 Å². The van der Waals surface area contributed by atoms with Gasteiger partial charge in [0.25, 0.3) is 0 Å². The van der Waals surface area contributed by atoms with E-state index in [1.54, 1.807) is 0 Å². The summed E-state index contributed by atoms with van der Waals surface area (Å²) in [4.78, 5) is 2.31. The fourth-order valence-electron chi connectivity index (χ4n) is 2.27. The van der Waals surface area contributed by atoms with Crippen LogP contribution in [0.15, 0.2) is 0 Å². The fourth-order valence-corrected chi connectivity index (χ4v) is 2.27. The minimum absolute atomic E-state index is 0.0634. The third kappa shape index (κ3) is 2.96. The summed E-state index contributed by atoms with van der Waals surface area (Å²) < 4.78 is 0. The lowest BCUT2D eigenvalue weighted by molar-refractivity contribution is -0.0633. The molecule has 0 bridgehead atoms. The van der Waals surface area contributed by atoms with E-state index in [4.69, 9.17) is 0 Å². The van der Waals surface area contributed by atoms with E-state index >= 15 is 0 Å². The molecule has 14 heavy (non-hydrogen) atoms. The maximum Gasteiger partial charge on any atom is 0.0766 e. The molecule has 0 heterocycles. The molecule has 0 aliphatic carbocycles. The van der Waals surface area contributed by atoms with Crippen LogP contribution in [0.4, 0.5) is 0 Å². The van der Waals surface area contributed by atoms with Crippen molar-refractivity contribution < 1.29 is 5.11 Å². The summed E-state index contributed by atoms with van der Waals surface area (Å²) in [5.74, 6) is 0. The van der Waals surface area contributed by atoms with Crippen LogP contribution in [0.1, 0.15) is 48.5 Å². The van der Waals surface area contributed by atoms with E-state index in [0.29, 0.717) is 0 Å². The molecule has 0 fully saturated rings. The first-order chi connectivity index (χ1) is 6.17. The van der Waals surface area contributed by atoms with Crippen LogP contribution in [0.5, 0.6) is 0 Å². The molecule has 1 atom stereocenters. The van der Waals surface area contributed by atoms with Gasteiger partial charge in [-0.15, -0.1) is 0 Å². The quantitative estimate of drug-likeness (QED) is 0.755. The first-order valence-electron chi connectivity index (χ1n) is 5.61. The third-order valence-corrected chi connectivity index (χ3v) is 3.07. The Kier molecular flexibility index (Phi) is 4.60. The van der Waals surface area contributed by atoms with Crippen molar-refractivity contribution >= 4 is 0 Å². The van der Waals surface area contributed by atoms with Gasteiger partial charge in [0.2, 0.25) is 0 Å². The number of hydrogen-bond acceptors (Lipinski definition) is 2. The highest BCUT2D eigenvalue weighted by molar-refractivity contribution is 4.94. The molecule has 0 aromatic heterocycles. The van der Waals surface area contributed by atoms with Crippen molar-refractivity contribution in [3.63, 3.8) is 0 Å². The number of rotatable bonds is 4. The fraction of sp³-hybridized carbons (Fsp3) is 1.00. The Bertz CT molecular complexity index is 166. The molecule has 0 aromatic carbocycles. The lowest BCUT2D eigenvalue weighted by atomic mass is 9.77. The lowest BCUT2D eigenvalue weighted by Gasteiger charge is -2.46. The second-order valence-corrected chi connectivity index (χ2v) is 5.59. The molecule has 0 aliphatic rings. The van der Waals surface area contributed by atoms with E-state index in [0.717, 1.165) is 13.1 Å². The van der Waals surface area contributed by atoms with Gasteiger partial charge in [0, 0.05) is 5.54 Å². The van der Waals surface area contributed by atoms with Gasteiger partial charge in [-0.2, -0.15) is 0 Å². The summed E-state index contributed by atoms with van der Waals surface area (Å²) >= 11 is 0. The lowest BCUT2D eigenvalue weighted by Crippen LogP contribution is -2.56. The highest BCUT2D eigenvalue weighted by Gasteiger charge is 2.39. The Labute approximate surface area is 89.3 Å². The van der Waals surface area contributed by atoms with Gasteiger partial charge in [-0.05, 0) is 32.4 Å². The molecule has 2 nitrogen and oxygen atoms in total. The molecule has 1 N–H and O–H groups in total. The van der Waals surface area contributed by atoms with Crippen LogP contribution < -0.4 is 0 Å². The first kappa shape index (κ1) is 13.9. The number of aliphatic hydroxyl groups excluding tert-OH is 1. The standard InChI is InChI=1S/C12H27NO/c1-8-13(9-2)12(6,7)10(14)11(3,4)5/h10,14H,8-9H2,1-7H3. The number of aliphatic hydroxyl groups is 1. The van der Waals surface area contributed by atoms with Crippen LogP contribution in [0.3, 0.4) is 0 Å². The smallest absolute Gasteiger partial charge is 0.0766 e. The zero-order valence-electron chi connectivity index (χ0n) is 10.9. The summed E-state index contributed by atoms with van der Waals surface area (Å²) in [6.07, 6.45) is -0.310. The summed E-state index contributed by atoms with van der Waals surface area (Å²) in [6, 6.07) is 0. The Balaban J connectivity index is 4.75. The average Bonchev–Trinajstić information content (AvgIpc) is 2.03. The molecule has 0 saturated heterocycles. The number of likely N-dealkylation sites (N-methyl/N-ethyl adjacent to an activating group) is 1. The predicted molar refractivity (Wildman–Crippen MR) is 62.5 cm³/mol. The van der Waals surface area contributed by atoms with E-state index in [2.05, 4.69) is 53.4 Å². The second-order valence-electron chi connectivity index (χ2n) is 5.59. The Morgan fingerprint density at radius 2 is 1.36 bits per heavy atom. The van der Waals surface area contributed by atoms with Gasteiger partial charge in [-0.3, -0.25) is 4.90 Å². The van der Waals surface area contributed by atoms with Crippen LogP contribution in [-0.2, 0) is 0 Å². The Hall–Kier alpha value is -0.0800. The van der Waals surface area contributed by atoms with Crippen LogP contribution >= 0.6 is 0 Å². The van der Waals surface area contributed by atoms with Crippen molar-refractivity contribution in [1.29, 1.82) is 0 Å². The van der Waals surface area contributed by atoms with Crippen molar-refractivity contribution in [2.45, 2.75) is 60.1 Å². The van der Waals surface area contributed by atoms with Crippen molar-refractivity contribution in [2.24, 2.45) is 5.41 Å². The zero-order valence-corrected chi connectivity index (χ0v) is 10.9. The topological polar surface area (TPSA) is 23.5 Å². The van der Waals surface area contributed by atoms with Gasteiger partial charge in [0.05, 0.1) is 6.10 Å².